The van der Waals surface area contributed by atoms with Crippen LogP contribution in [0.1, 0.15) is 32.5 Å². The highest BCUT2D eigenvalue weighted by Crippen LogP contribution is 2.52. The van der Waals surface area contributed by atoms with E-state index in [4.69, 9.17) is 18.9 Å². The second kappa shape index (κ2) is 9.03. The van der Waals surface area contributed by atoms with Gasteiger partial charge >= 0.3 is 5.97 Å². The highest BCUT2D eigenvalue weighted by Gasteiger charge is 2.36. The molecule has 4 rings (SSSR count). The first-order valence-electron chi connectivity index (χ1n) is 10.1. The van der Waals surface area contributed by atoms with E-state index in [1.54, 1.807) is 43.5 Å². The van der Waals surface area contributed by atoms with Crippen molar-refractivity contribution in [2.24, 2.45) is 0 Å². The largest absolute Gasteiger partial charge is 0.497 e. The molecule has 33 heavy (non-hydrogen) atoms. The zero-order valence-electron chi connectivity index (χ0n) is 18.6. The van der Waals surface area contributed by atoms with Crippen molar-refractivity contribution in [3.63, 3.8) is 0 Å². The molecule has 0 aliphatic carbocycles. The third-order valence-electron chi connectivity index (χ3n) is 5.59. The van der Waals surface area contributed by atoms with Crippen molar-refractivity contribution in [2.45, 2.75) is 12.3 Å². The number of benzene rings is 2. The van der Waals surface area contributed by atoms with E-state index in [9.17, 15) is 14.7 Å². The van der Waals surface area contributed by atoms with Crippen molar-refractivity contribution in [1.29, 1.82) is 0 Å². The fourth-order valence-electron chi connectivity index (χ4n) is 4.05. The molecule has 8 nitrogen and oxygen atoms in total. The van der Waals surface area contributed by atoms with Gasteiger partial charge in [-0.1, -0.05) is 12.1 Å². The Morgan fingerprint density at radius 1 is 0.970 bits per heavy atom. The van der Waals surface area contributed by atoms with E-state index < -0.39 is 11.9 Å². The smallest absolute Gasteiger partial charge is 0.346 e. The normalized spacial score (nSPS) is 14.8. The van der Waals surface area contributed by atoms with Crippen LogP contribution in [0.3, 0.4) is 0 Å². The van der Waals surface area contributed by atoms with E-state index in [2.05, 4.69) is 5.32 Å². The Balaban J connectivity index is 1.93. The molecule has 1 atom stereocenters. The van der Waals surface area contributed by atoms with Gasteiger partial charge in [0.25, 0.3) is 0 Å². The van der Waals surface area contributed by atoms with E-state index in [-0.39, 0.29) is 17.2 Å². The lowest BCUT2D eigenvalue weighted by molar-refractivity contribution is -0.116. The molecule has 1 aromatic heterocycles. The topological polar surface area (TPSA) is 103 Å². The summed E-state index contributed by atoms with van der Waals surface area (Å²) in [4.78, 5) is 25.8. The summed E-state index contributed by atoms with van der Waals surface area (Å²) in [5.41, 5.74) is 2.36. The monoisotopic (exact) mass is 469 g/mol. The number of hydrogen-bond acceptors (Lipinski definition) is 7. The second-order valence-corrected chi connectivity index (χ2v) is 8.39. The van der Waals surface area contributed by atoms with Gasteiger partial charge in [-0.05, 0) is 23.8 Å². The number of thiophene rings is 1. The first-order chi connectivity index (χ1) is 15.9. The van der Waals surface area contributed by atoms with Gasteiger partial charge in [-0.2, -0.15) is 0 Å². The number of hydrogen-bond donors (Lipinski definition) is 2. The van der Waals surface area contributed by atoms with Gasteiger partial charge in [0, 0.05) is 34.4 Å². The summed E-state index contributed by atoms with van der Waals surface area (Å²) in [7, 11) is 6.16. The summed E-state index contributed by atoms with van der Waals surface area (Å²) < 4.78 is 21.6. The fourth-order valence-corrected chi connectivity index (χ4v) is 5.28. The van der Waals surface area contributed by atoms with Gasteiger partial charge in [0.1, 0.15) is 16.4 Å². The van der Waals surface area contributed by atoms with Crippen LogP contribution in [0.25, 0.3) is 11.1 Å². The molecule has 1 aliphatic heterocycles. The van der Waals surface area contributed by atoms with Crippen LogP contribution in [0.2, 0.25) is 0 Å². The fraction of sp³-hybridized carbons (Fsp3) is 0.250. The van der Waals surface area contributed by atoms with Gasteiger partial charge in [0.15, 0.2) is 11.5 Å². The van der Waals surface area contributed by atoms with E-state index in [1.165, 1.54) is 21.3 Å². The predicted octanol–water partition coefficient (Wildman–Crippen LogP) is 4.62. The molecule has 0 bridgehead atoms. The van der Waals surface area contributed by atoms with Crippen molar-refractivity contribution >= 4 is 28.9 Å². The van der Waals surface area contributed by atoms with Crippen LogP contribution in [0.15, 0.2) is 36.4 Å². The summed E-state index contributed by atoms with van der Waals surface area (Å²) in [6.45, 7) is 0. The number of anilines is 1. The van der Waals surface area contributed by atoms with Crippen LogP contribution in [0, 0.1) is 0 Å². The Morgan fingerprint density at radius 2 is 1.61 bits per heavy atom. The summed E-state index contributed by atoms with van der Waals surface area (Å²) in [6.07, 6.45) is 0.139. The van der Waals surface area contributed by atoms with Crippen molar-refractivity contribution in [3.05, 3.63) is 51.7 Å². The molecule has 2 aromatic carbocycles. The number of carbonyl (C=O) groups excluding carboxylic acids is 1. The van der Waals surface area contributed by atoms with Crippen LogP contribution in [0.5, 0.6) is 23.0 Å². The zero-order chi connectivity index (χ0) is 23.7. The van der Waals surface area contributed by atoms with E-state index in [0.717, 1.165) is 16.2 Å². The first kappa shape index (κ1) is 22.5. The summed E-state index contributed by atoms with van der Waals surface area (Å²) in [5.74, 6) is 0.465. The molecule has 0 spiro atoms. The number of amides is 1. The molecule has 2 heterocycles. The molecule has 0 saturated carbocycles. The Morgan fingerprint density at radius 3 is 2.18 bits per heavy atom. The lowest BCUT2D eigenvalue weighted by atomic mass is 9.87. The van der Waals surface area contributed by atoms with Crippen molar-refractivity contribution in [3.8, 4) is 34.1 Å². The van der Waals surface area contributed by atoms with Gasteiger partial charge in [0.05, 0.1) is 34.1 Å². The van der Waals surface area contributed by atoms with Crippen molar-refractivity contribution in [2.75, 3.05) is 33.8 Å². The number of methoxy groups -OCH3 is 4. The summed E-state index contributed by atoms with van der Waals surface area (Å²) >= 11 is 1.15. The summed E-state index contributed by atoms with van der Waals surface area (Å²) in [5, 5.41) is 12.9. The molecule has 9 heteroatoms. The minimum atomic E-state index is -1.06. The number of carboxylic acids is 1. The molecular weight excluding hydrogens is 446 g/mol. The van der Waals surface area contributed by atoms with Gasteiger partial charge in [-0.25, -0.2) is 4.79 Å². The minimum Gasteiger partial charge on any atom is -0.497 e. The average Bonchev–Trinajstić information content (AvgIpc) is 3.22. The number of carboxylic acid groups (broad SMARTS) is 1. The molecular formula is C24H23NO7S. The number of carbonyl (C=O) groups is 2. The Labute approximate surface area is 194 Å². The molecule has 0 fully saturated rings. The Bertz CT molecular complexity index is 1220. The highest BCUT2D eigenvalue weighted by molar-refractivity contribution is 7.15. The Hall–Kier alpha value is -3.72. The van der Waals surface area contributed by atoms with E-state index in [1.807, 2.05) is 0 Å². The third-order valence-corrected chi connectivity index (χ3v) is 6.88. The number of rotatable bonds is 7. The molecule has 1 amide bonds. The Kier molecular flexibility index (Phi) is 6.15. The molecule has 172 valence electrons. The zero-order valence-corrected chi connectivity index (χ0v) is 19.4. The number of aromatic carboxylic acids is 1. The average molecular weight is 470 g/mol. The predicted molar refractivity (Wildman–Crippen MR) is 124 cm³/mol. The van der Waals surface area contributed by atoms with Gasteiger partial charge < -0.3 is 29.4 Å². The first-order valence-corrected chi connectivity index (χ1v) is 10.9. The van der Waals surface area contributed by atoms with Crippen LogP contribution in [-0.2, 0) is 4.79 Å². The number of nitrogens with one attached hydrogen (secondary N) is 1. The summed E-state index contributed by atoms with van der Waals surface area (Å²) in [6, 6.07) is 10.5. The molecule has 0 saturated heterocycles. The van der Waals surface area contributed by atoms with E-state index >= 15 is 0 Å². The maximum absolute atomic E-state index is 12.8. The van der Waals surface area contributed by atoms with Crippen LogP contribution >= 0.6 is 11.3 Å². The molecule has 3 aromatic rings. The van der Waals surface area contributed by atoms with E-state index in [0.29, 0.717) is 45.4 Å². The maximum atomic E-state index is 12.8. The van der Waals surface area contributed by atoms with Crippen molar-refractivity contribution in [1.82, 2.24) is 0 Å². The third kappa shape index (κ3) is 3.95. The minimum absolute atomic E-state index is 0.139. The molecule has 0 radical (unpaired) electrons. The quantitative estimate of drug-likeness (QED) is 0.520. The lowest BCUT2D eigenvalue weighted by Gasteiger charge is -2.26. The van der Waals surface area contributed by atoms with Crippen molar-refractivity contribution < 1.29 is 33.6 Å². The van der Waals surface area contributed by atoms with Crippen LogP contribution in [-0.4, -0.2) is 45.4 Å². The molecule has 1 aliphatic rings. The van der Waals surface area contributed by atoms with Gasteiger partial charge in [-0.15, -0.1) is 11.3 Å². The maximum Gasteiger partial charge on any atom is 0.346 e. The number of ether oxygens (including phenoxy) is 4. The SMILES string of the molecule is COc1ccc(-c2c(C(=O)O)sc3c2NC(=O)CC3c2cc(OC)c(OC)cc2OC)cc1. The standard InChI is InChI=1S/C24H23NO7S/c1-29-13-7-5-12(6-8-13)20-21-22(33-23(20)24(27)28)15(10-19(26)25-21)14-9-17(31-3)18(32-4)11-16(14)30-2/h5-9,11,15H,10H2,1-4H3,(H,25,26)(H,27,28). The van der Waals surface area contributed by atoms with Gasteiger partial charge in [0.2, 0.25) is 5.91 Å². The number of fused-ring (bicyclic) bond motifs is 1. The highest BCUT2D eigenvalue weighted by atomic mass is 32.1. The van der Waals surface area contributed by atoms with Gasteiger partial charge in [-0.3, -0.25) is 4.79 Å². The molecule has 1 unspecified atom stereocenters. The van der Waals surface area contributed by atoms with Crippen LogP contribution in [0.4, 0.5) is 5.69 Å². The lowest BCUT2D eigenvalue weighted by Crippen LogP contribution is -2.23. The second-order valence-electron chi connectivity index (χ2n) is 7.33. The van der Waals surface area contributed by atoms with Crippen LogP contribution < -0.4 is 24.3 Å². The molecule has 2 N–H and O–H groups in total.